The van der Waals surface area contributed by atoms with Crippen LogP contribution in [0.25, 0.3) is 0 Å². The Morgan fingerprint density at radius 2 is 2.05 bits per heavy atom. The highest BCUT2D eigenvalue weighted by Gasteiger charge is 2.11. The number of nitrogens with zero attached hydrogens (tertiary/aromatic N) is 1. The zero-order chi connectivity index (χ0) is 15.1. The molecule has 0 atom stereocenters. The first-order chi connectivity index (χ1) is 10.2. The second-order valence-electron chi connectivity index (χ2n) is 4.44. The Balaban J connectivity index is 1.89. The molecule has 2 rings (SSSR count). The molecule has 1 aromatic carbocycles. The summed E-state index contributed by atoms with van der Waals surface area (Å²) in [4.78, 5) is 12.9. The number of amides is 2. The van der Waals surface area contributed by atoms with E-state index in [1.165, 1.54) is 11.3 Å². The summed E-state index contributed by atoms with van der Waals surface area (Å²) in [5.41, 5.74) is 0. The number of thiophene rings is 1. The van der Waals surface area contributed by atoms with Crippen LogP contribution in [-0.4, -0.2) is 22.8 Å². The molecule has 0 aliphatic carbocycles. The lowest BCUT2D eigenvalue weighted by Gasteiger charge is -2.14. The van der Waals surface area contributed by atoms with Gasteiger partial charge in [-0.15, -0.1) is 11.3 Å². The van der Waals surface area contributed by atoms with Crippen LogP contribution in [0.2, 0.25) is 0 Å². The van der Waals surface area contributed by atoms with Crippen LogP contribution in [0.1, 0.15) is 19.8 Å². The SMILES string of the molecule is CCCCN(O)C(=O)Nc1ccc(Sc2ccccc2)s1. The smallest absolute Gasteiger partial charge is 0.297 e. The number of nitrogens with one attached hydrogen (secondary N) is 1. The van der Waals surface area contributed by atoms with Gasteiger partial charge in [0.1, 0.15) is 0 Å². The minimum atomic E-state index is -0.485. The summed E-state index contributed by atoms with van der Waals surface area (Å²) < 4.78 is 1.09. The van der Waals surface area contributed by atoms with Crippen LogP contribution in [0.5, 0.6) is 0 Å². The molecule has 1 heterocycles. The lowest BCUT2D eigenvalue weighted by molar-refractivity contribution is -0.0379. The Kier molecular flexibility index (Phi) is 6.10. The van der Waals surface area contributed by atoms with Crippen molar-refractivity contribution in [3.05, 3.63) is 42.5 Å². The summed E-state index contributed by atoms with van der Waals surface area (Å²) in [6, 6.07) is 13.4. The highest BCUT2D eigenvalue weighted by molar-refractivity contribution is 8.01. The quantitative estimate of drug-likeness (QED) is 0.586. The van der Waals surface area contributed by atoms with Crippen molar-refractivity contribution >= 4 is 34.1 Å². The first-order valence-electron chi connectivity index (χ1n) is 6.79. The summed E-state index contributed by atoms with van der Waals surface area (Å²) >= 11 is 3.14. The standard InChI is InChI=1S/C15H18N2O2S2/c1-2-3-11-17(19)15(18)16-13-9-10-14(21-13)20-12-7-5-4-6-8-12/h4-10,19H,2-3,11H2,1H3,(H,16,18). The Labute approximate surface area is 132 Å². The summed E-state index contributed by atoms with van der Waals surface area (Å²) in [5, 5.41) is 13.7. The van der Waals surface area contributed by atoms with E-state index in [-0.39, 0.29) is 0 Å². The topological polar surface area (TPSA) is 52.6 Å². The molecule has 6 heteroatoms. The van der Waals surface area contributed by atoms with Crippen molar-refractivity contribution in [2.75, 3.05) is 11.9 Å². The molecule has 4 nitrogen and oxygen atoms in total. The van der Waals surface area contributed by atoms with Crippen molar-refractivity contribution in [1.29, 1.82) is 0 Å². The zero-order valence-corrected chi connectivity index (χ0v) is 13.4. The van der Waals surface area contributed by atoms with Gasteiger partial charge in [-0.05, 0) is 30.7 Å². The number of benzene rings is 1. The average Bonchev–Trinajstić information content (AvgIpc) is 2.92. The van der Waals surface area contributed by atoms with Gasteiger partial charge in [0.2, 0.25) is 0 Å². The molecular weight excluding hydrogens is 304 g/mol. The normalized spacial score (nSPS) is 10.4. The minimum Gasteiger partial charge on any atom is -0.297 e. The van der Waals surface area contributed by atoms with Crippen molar-refractivity contribution in [3.63, 3.8) is 0 Å². The maximum absolute atomic E-state index is 11.8. The Morgan fingerprint density at radius 1 is 1.29 bits per heavy atom. The number of carbonyl (C=O) groups is 1. The molecule has 2 N–H and O–H groups in total. The summed E-state index contributed by atoms with van der Waals surface area (Å²) in [6.45, 7) is 2.36. The van der Waals surface area contributed by atoms with E-state index in [0.29, 0.717) is 6.54 Å². The largest absolute Gasteiger partial charge is 0.346 e. The fraction of sp³-hybridized carbons (Fsp3) is 0.267. The number of urea groups is 1. The van der Waals surface area contributed by atoms with Crippen molar-refractivity contribution in [3.8, 4) is 0 Å². The minimum absolute atomic E-state index is 0.347. The molecular formula is C15H18N2O2S2. The molecule has 0 spiro atoms. The summed E-state index contributed by atoms with van der Waals surface area (Å²) in [5.74, 6) is 0. The molecule has 0 aliphatic rings. The molecule has 112 valence electrons. The highest BCUT2D eigenvalue weighted by atomic mass is 32.2. The maximum Gasteiger partial charge on any atom is 0.346 e. The van der Waals surface area contributed by atoms with Gasteiger partial charge in [0.15, 0.2) is 0 Å². The second kappa shape index (κ2) is 8.07. The van der Waals surface area contributed by atoms with Gasteiger partial charge in [0.05, 0.1) is 15.8 Å². The van der Waals surface area contributed by atoms with Crippen LogP contribution in [0.3, 0.4) is 0 Å². The molecule has 0 radical (unpaired) electrons. The van der Waals surface area contributed by atoms with E-state index in [0.717, 1.165) is 32.0 Å². The summed E-state index contributed by atoms with van der Waals surface area (Å²) in [6.07, 6.45) is 1.71. The molecule has 1 aromatic heterocycles. The van der Waals surface area contributed by atoms with Gasteiger partial charge in [0.25, 0.3) is 0 Å². The molecule has 0 saturated heterocycles. The first kappa shape index (κ1) is 15.9. The molecule has 0 aliphatic heterocycles. The maximum atomic E-state index is 11.8. The predicted molar refractivity (Wildman–Crippen MR) is 87.3 cm³/mol. The Hall–Kier alpha value is -1.50. The van der Waals surface area contributed by atoms with Gasteiger partial charge in [-0.3, -0.25) is 10.5 Å². The molecule has 2 amide bonds. The third-order valence-corrected chi connectivity index (χ3v) is 4.87. The van der Waals surface area contributed by atoms with Crippen LogP contribution in [0, 0.1) is 0 Å². The van der Waals surface area contributed by atoms with Crippen molar-refractivity contribution in [1.82, 2.24) is 5.06 Å². The highest BCUT2D eigenvalue weighted by Crippen LogP contribution is 2.35. The third kappa shape index (κ3) is 5.08. The summed E-state index contributed by atoms with van der Waals surface area (Å²) in [7, 11) is 0. The van der Waals surface area contributed by atoms with Gasteiger partial charge >= 0.3 is 6.03 Å². The van der Waals surface area contributed by atoms with E-state index in [4.69, 9.17) is 0 Å². The van der Waals surface area contributed by atoms with Crippen LogP contribution in [0.4, 0.5) is 9.80 Å². The molecule has 0 unspecified atom stereocenters. The number of unbranched alkanes of at least 4 members (excludes halogenated alkanes) is 1. The van der Waals surface area contributed by atoms with E-state index in [1.807, 2.05) is 49.4 Å². The van der Waals surface area contributed by atoms with E-state index in [9.17, 15) is 10.0 Å². The fourth-order valence-electron chi connectivity index (χ4n) is 1.63. The number of hydrogen-bond donors (Lipinski definition) is 2. The van der Waals surface area contributed by atoms with Gasteiger partial charge in [-0.2, -0.15) is 0 Å². The van der Waals surface area contributed by atoms with Gasteiger partial charge in [-0.25, -0.2) is 9.86 Å². The molecule has 0 fully saturated rings. The van der Waals surface area contributed by atoms with Crippen LogP contribution < -0.4 is 5.32 Å². The van der Waals surface area contributed by atoms with Crippen LogP contribution >= 0.6 is 23.1 Å². The first-order valence-corrected chi connectivity index (χ1v) is 8.42. The molecule has 2 aromatic rings. The monoisotopic (exact) mass is 322 g/mol. The van der Waals surface area contributed by atoms with E-state index in [1.54, 1.807) is 11.8 Å². The molecule has 0 saturated carbocycles. The van der Waals surface area contributed by atoms with Gasteiger partial charge in [0, 0.05) is 4.90 Å². The van der Waals surface area contributed by atoms with E-state index in [2.05, 4.69) is 5.32 Å². The van der Waals surface area contributed by atoms with Gasteiger partial charge < -0.3 is 0 Å². The second-order valence-corrected chi connectivity index (χ2v) is 6.90. The van der Waals surface area contributed by atoms with Crippen molar-refractivity contribution in [2.45, 2.75) is 28.9 Å². The molecule has 21 heavy (non-hydrogen) atoms. The lowest BCUT2D eigenvalue weighted by atomic mass is 10.3. The zero-order valence-electron chi connectivity index (χ0n) is 11.8. The Morgan fingerprint density at radius 3 is 2.76 bits per heavy atom. The number of carbonyl (C=O) groups excluding carboxylic acids is 1. The van der Waals surface area contributed by atoms with Crippen molar-refractivity contribution < 1.29 is 10.0 Å². The predicted octanol–water partition coefficient (Wildman–Crippen LogP) is 4.92. The number of hydrogen-bond acceptors (Lipinski definition) is 4. The third-order valence-electron chi connectivity index (χ3n) is 2.73. The number of anilines is 1. The van der Waals surface area contributed by atoms with Crippen LogP contribution in [-0.2, 0) is 0 Å². The average molecular weight is 322 g/mol. The molecule has 0 bridgehead atoms. The van der Waals surface area contributed by atoms with Crippen molar-refractivity contribution in [2.24, 2.45) is 0 Å². The number of hydroxylamine groups is 2. The van der Waals surface area contributed by atoms with E-state index < -0.39 is 6.03 Å². The number of rotatable bonds is 6. The van der Waals surface area contributed by atoms with Crippen LogP contribution in [0.15, 0.2) is 51.6 Å². The van der Waals surface area contributed by atoms with Gasteiger partial charge in [-0.1, -0.05) is 43.3 Å². The lowest BCUT2D eigenvalue weighted by Crippen LogP contribution is -2.32. The van der Waals surface area contributed by atoms with E-state index >= 15 is 0 Å². The fourth-order valence-corrected chi connectivity index (χ4v) is 3.64. The Bertz CT molecular complexity index is 572.